The zero-order chi connectivity index (χ0) is 22.9. The van der Waals surface area contributed by atoms with Gasteiger partial charge in [-0.2, -0.15) is 27.5 Å². The van der Waals surface area contributed by atoms with E-state index in [1.165, 1.54) is 12.1 Å². The number of pyridine rings is 2. The van der Waals surface area contributed by atoms with Gasteiger partial charge in [-0.15, -0.1) is 0 Å². The monoisotopic (exact) mass is 439 g/mol. The van der Waals surface area contributed by atoms with Gasteiger partial charge in [-0.25, -0.2) is 17.6 Å². The second-order valence-electron chi connectivity index (χ2n) is 5.70. The molecule has 2 heterocycles. The number of hydrogen-bond donors (Lipinski definition) is 1. The number of rotatable bonds is 0. The predicted octanol–water partition coefficient (Wildman–Crippen LogP) is 3.97. The number of aromatic nitrogens is 2. The summed E-state index contributed by atoms with van der Waals surface area (Å²) >= 11 is 0. The van der Waals surface area contributed by atoms with Crippen molar-refractivity contribution in [2.75, 3.05) is 5.73 Å². The summed E-state index contributed by atoms with van der Waals surface area (Å²) in [5.74, 6) is -7.00. The standard InChI is InChI=1S/C20H5F8N3/c21-13-11(14(22)18(26)30-17(13)25)5-2-8-1-4-10(29)7-9(8)3-6-12-15(23)19(27)31-20(28)16(12)24/h1,4,7H,29H2. The maximum atomic E-state index is 13.7. The number of halogens is 8. The van der Waals surface area contributed by atoms with Gasteiger partial charge in [-0.05, 0) is 18.2 Å². The van der Waals surface area contributed by atoms with Crippen LogP contribution in [0.15, 0.2) is 18.2 Å². The lowest BCUT2D eigenvalue weighted by Gasteiger charge is -2.01. The first-order valence-electron chi connectivity index (χ1n) is 7.93. The van der Waals surface area contributed by atoms with Crippen molar-refractivity contribution in [3.05, 3.63) is 87.5 Å². The fourth-order valence-corrected chi connectivity index (χ4v) is 2.23. The van der Waals surface area contributed by atoms with Crippen molar-refractivity contribution in [1.82, 2.24) is 9.97 Å². The van der Waals surface area contributed by atoms with E-state index in [2.05, 4.69) is 21.8 Å². The van der Waals surface area contributed by atoms with Crippen molar-refractivity contribution in [3.63, 3.8) is 0 Å². The summed E-state index contributed by atoms with van der Waals surface area (Å²) < 4.78 is 108. The molecule has 0 aliphatic rings. The van der Waals surface area contributed by atoms with Crippen molar-refractivity contribution in [2.24, 2.45) is 0 Å². The Morgan fingerprint density at radius 3 is 1.35 bits per heavy atom. The predicted molar refractivity (Wildman–Crippen MR) is 91.0 cm³/mol. The van der Waals surface area contributed by atoms with E-state index in [4.69, 9.17) is 5.73 Å². The van der Waals surface area contributed by atoms with Gasteiger partial charge in [0.25, 0.3) is 23.8 Å². The molecule has 0 unspecified atom stereocenters. The molecule has 0 radical (unpaired) electrons. The van der Waals surface area contributed by atoms with Crippen molar-refractivity contribution in [1.29, 1.82) is 0 Å². The van der Waals surface area contributed by atoms with Crippen LogP contribution >= 0.6 is 0 Å². The SMILES string of the molecule is Nc1ccc(C#Cc2c(F)c(F)nc(F)c2F)c(C#Cc2c(F)c(F)nc(F)c2F)c1. The summed E-state index contributed by atoms with van der Waals surface area (Å²) in [6, 6.07) is 3.57. The molecule has 0 spiro atoms. The van der Waals surface area contributed by atoms with E-state index in [0.717, 1.165) is 6.07 Å². The molecule has 2 aromatic heterocycles. The van der Waals surface area contributed by atoms with Crippen molar-refractivity contribution in [2.45, 2.75) is 0 Å². The van der Waals surface area contributed by atoms with E-state index in [0.29, 0.717) is 0 Å². The summed E-state index contributed by atoms with van der Waals surface area (Å²) in [5, 5.41) is 0. The third-order valence-corrected chi connectivity index (χ3v) is 3.68. The first-order valence-corrected chi connectivity index (χ1v) is 7.93. The molecule has 31 heavy (non-hydrogen) atoms. The summed E-state index contributed by atoms with van der Waals surface area (Å²) in [6.45, 7) is 0. The van der Waals surface area contributed by atoms with Crippen LogP contribution in [0.25, 0.3) is 0 Å². The molecular formula is C20H5F8N3. The Hall–Kier alpha value is -4.12. The van der Waals surface area contributed by atoms with Crippen LogP contribution < -0.4 is 5.73 Å². The molecule has 11 heteroatoms. The summed E-state index contributed by atoms with van der Waals surface area (Å²) in [6.07, 6.45) is 0. The van der Waals surface area contributed by atoms with Crippen molar-refractivity contribution >= 4 is 5.69 Å². The Bertz CT molecular complexity index is 1290. The van der Waals surface area contributed by atoms with Crippen LogP contribution in [0.1, 0.15) is 22.3 Å². The van der Waals surface area contributed by atoms with E-state index in [9.17, 15) is 35.1 Å². The molecule has 0 saturated carbocycles. The fourth-order valence-electron chi connectivity index (χ4n) is 2.23. The van der Waals surface area contributed by atoms with Gasteiger partial charge in [-0.1, -0.05) is 23.7 Å². The molecule has 3 aromatic rings. The number of hydrogen-bond acceptors (Lipinski definition) is 3. The maximum Gasteiger partial charge on any atom is 0.253 e. The molecule has 2 N–H and O–H groups in total. The van der Waals surface area contributed by atoms with E-state index in [-0.39, 0.29) is 16.8 Å². The van der Waals surface area contributed by atoms with Crippen LogP contribution in [-0.2, 0) is 0 Å². The highest BCUT2D eigenvalue weighted by atomic mass is 19.2. The van der Waals surface area contributed by atoms with E-state index >= 15 is 0 Å². The molecule has 0 aliphatic carbocycles. The molecule has 3 nitrogen and oxygen atoms in total. The van der Waals surface area contributed by atoms with Crippen LogP contribution in [0, 0.1) is 70.7 Å². The Balaban J connectivity index is 2.14. The Morgan fingerprint density at radius 1 is 0.548 bits per heavy atom. The number of nitrogens with zero attached hydrogens (tertiary/aromatic N) is 2. The highest BCUT2D eigenvalue weighted by Crippen LogP contribution is 2.18. The van der Waals surface area contributed by atoms with Crippen LogP contribution in [0.5, 0.6) is 0 Å². The minimum absolute atomic E-state index is 0.0706. The average molecular weight is 439 g/mol. The molecular weight excluding hydrogens is 434 g/mol. The van der Waals surface area contributed by atoms with Crippen molar-refractivity contribution < 1.29 is 35.1 Å². The molecule has 3 rings (SSSR count). The second-order valence-corrected chi connectivity index (χ2v) is 5.70. The molecule has 0 aliphatic heterocycles. The lowest BCUT2D eigenvalue weighted by Crippen LogP contribution is -2.03. The van der Waals surface area contributed by atoms with Crippen LogP contribution in [0.2, 0.25) is 0 Å². The van der Waals surface area contributed by atoms with Gasteiger partial charge in [0.2, 0.25) is 0 Å². The summed E-state index contributed by atoms with van der Waals surface area (Å²) in [7, 11) is 0. The third-order valence-electron chi connectivity index (χ3n) is 3.68. The second kappa shape index (κ2) is 8.32. The zero-order valence-corrected chi connectivity index (χ0v) is 14.7. The van der Waals surface area contributed by atoms with Crippen LogP contribution in [-0.4, -0.2) is 9.97 Å². The molecule has 156 valence electrons. The highest BCUT2D eigenvalue weighted by molar-refractivity contribution is 5.59. The van der Waals surface area contributed by atoms with Gasteiger partial charge in [-0.3, -0.25) is 0 Å². The van der Waals surface area contributed by atoms with E-state index in [1.807, 2.05) is 11.8 Å². The molecule has 0 fully saturated rings. The molecule has 0 bridgehead atoms. The third kappa shape index (κ3) is 4.26. The molecule has 0 saturated heterocycles. The van der Waals surface area contributed by atoms with Gasteiger partial charge in [0.05, 0.1) is 0 Å². The van der Waals surface area contributed by atoms with E-state index < -0.39 is 58.2 Å². The Morgan fingerprint density at radius 2 is 0.935 bits per heavy atom. The number of nitrogens with two attached hydrogens (primary N) is 1. The quantitative estimate of drug-likeness (QED) is 0.250. The fraction of sp³-hybridized carbons (Fsp3) is 0. The number of benzene rings is 1. The first-order chi connectivity index (χ1) is 14.6. The van der Waals surface area contributed by atoms with Gasteiger partial charge >= 0.3 is 0 Å². The Labute approximate surface area is 168 Å². The zero-order valence-electron chi connectivity index (χ0n) is 14.7. The van der Waals surface area contributed by atoms with Gasteiger partial charge in [0.15, 0.2) is 23.3 Å². The Kier molecular flexibility index (Phi) is 5.79. The topological polar surface area (TPSA) is 51.8 Å². The molecule has 0 atom stereocenters. The maximum absolute atomic E-state index is 13.7. The largest absolute Gasteiger partial charge is 0.399 e. The van der Waals surface area contributed by atoms with Crippen LogP contribution in [0.4, 0.5) is 40.8 Å². The molecule has 0 amide bonds. The normalized spacial score (nSPS) is 10.2. The number of nitrogen functional groups attached to an aromatic ring is 1. The lowest BCUT2D eigenvalue weighted by molar-refractivity contribution is 0.404. The van der Waals surface area contributed by atoms with Crippen molar-refractivity contribution in [3.8, 4) is 23.7 Å². The summed E-state index contributed by atoms with van der Waals surface area (Å²) in [5.41, 5.74) is 2.78. The van der Waals surface area contributed by atoms with Crippen LogP contribution in [0.3, 0.4) is 0 Å². The minimum atomic E-state index is -1.93. The van der Waals surface area contributed by atoms with E-state index in [1.54, 1.807) is 0 Å². The first kappa shape index (κ1) is 21.6. The average Bonchev–Trinajstić information content (AvgIpc) is 2.72. The molecule has 1 aromatic carbocycles. The summed E-state index contributed by atoms with van der Waals surface area (Å²) in [4.78, 5) is 4.77. The van der Waals surface area contributed by atoms with Gasteiger partial charge in [0.1, 0.15) is 11.1 Å². The lowest BCUT2D eigenvalue weighted by atomic mass is 10.1. The van der Waals surface area contributed by atoms with Gasteiger partial charge in [0, 0.05) is 16.8 Å². The highest BCUT2D eigenvalue weighted by Gasteiger charge is 2.20. The number of anilines is 1. The minimum Gasteiger partial charge on any atom is -0.399 e. The smallest absolute Gasteiger partial charge is 0.253 e. The van der Waals surface area contributed by atoms with Gasteiger partial charge < -0.3 is 5.73 Å².